The molecule has 2 heterocycles. The lowest BCUT2D eigenvalue weighted by molar-refractivity contribution is -0.129. The number of methoxy groups -OCH3 is 2. The van der Waals surface area contributed by atoms with Crippen LogP contribution in [0.15, 0.2) is 42.5 Å². The van der Waals surface area contributed by atoms with Crippen LogP contribution in [0, 0.1) is 0 Å². The molecule has 0 fully saturated rings. The molecule has 0 saturated heterocycles. The predicted octanol–water partition coefficient (Wildman–Crippen LogP) is -0.145. The minimum Gasteiger partial charge on any atom is -0.493 e. The maximum atomic E-state index is 13.1. The second-order valence-corrected chi connectivity index (χ2v) is 9.28. The molecule has 0 aliphatic carbocycles. The number of carbonyl (C=O) groups excluding carboxylic acids is 4. The second kappa shape index (κ2) is 18.6. The Hall–Kier alpha value is -4.85. The number of ether oxygens (including phenoxy) is 3. The molecule has 14 nitrogen and oxygen atoms in total. The highest BCUT2D eigenvalue weighted by atomic mass is 16.5. The Morgan fingerprint density at radius 1 is 0.930 bits per heavy atom. The zero-order valence-corrected chi connectivity index (χ0v) is 24.4. The summed E-state index contributed by atoms with van der Waals surface area (Å²) in [6.07, 6.45) is 0.774. The van der Waals surface area contributed by atoms with Crippen molar-refractivity contribution in [1.82, 2.24) is 26.6 Å². The van der Waals surface area contributed by atoms with E-state index >= 15 is 0 Å². The van der Waals surface area contributed by atoms with Gasteiger partial charge in [-0.05, 0) is 31.0 Å². The lowest BCUT2D eigenvalue weighted by atomic mass is 10.0. The van der Waals surface area contributed by atoms with Gasteiger partial charge in [-0.1, -0.05) is 30.3 Å². The summed E-state index contributed by atoms with van der Waals surface area (Å²) in [5.74, 6) is -0.771. The second-order valence-electron chi connectivity index (χ2n) is 9.28. The average Bonchev–Trinajstić information content (AvgIpc) is 3.00. The molecule has 43 heavy (non-hydrogen) atoms. The smallest absolute Gasteiger partial charge is 0.290 e. The number of fused-ring (bicyclic) bond motifs is 19. The Bertz CT molecular complexity index is 1200. The summed E-state index contributed by atoms with van der Waals surface area (Å²) < 4.78 is 16.7. The molecule has 0 spiro atoms. The van der Waals surface area contributed by atoms with E-state index in [1.54, 1.807) is 0 Å². The molecular formula is C29H39N5O9. The topological polar surface area (TPSA) is 193 Å². The normalized spacial score (nSPS) is 18.9. The minimum atomic E-state index is -0.954. The maximum absolute atomic E-state index is 13.1. The molecule has 0 saturated carbocycles. The molecule has 14 heteroatoms. The lowest BCUT2D eigenvalue weighted by Gasteiger charge is -2.22. The van der Waals surface area contributed by atoms with E-state index < -0.39 is 23.9 Å². The van der Waals surface area contributed by atoms with Gasteiger partial charge in [0.2, 0.25) is 23.5 Å². The standard InChI is InChI=1S/C28H37N5O7.CH2O2/c1-18-26(35)33-21(14-19-8-5-4-6-9-19)28(37)31-12-11-29-17-24(34)30-10-7-13-40-25-22(38-2)15-20(27(36)32-18)16-23(25)39-3;2-1-3/h4-6,8-9,15-16,18,21,29H,7,10-14,17H2,1-3H3,(H,30,34)(H,31,37)(H,32,36)(H,33,35);1H,(H,2,3)/t18-,21+;/m0./s1. The Morgan fingerprint density at radius 3 is 2.21 bits per heavy atom. The van der Waals surface area contributed by atoms with Crippen LogP contribution in [0.3, 0.4) is 0 Å². The third-order valence-electron chi connectivity index (χ3n) is 6.16. The van der Waals surface area contributed by atoms with Gasteiger partial charge in [0.1, 0.15) is 12.1 Å². The number of rotatable bonds is 4. The molecule has 2 aromatic rings. The minimum absolute atomic E-state index is 0.0846. The van der Waals surface area contributed by atoms with Crippen LogP contribution in [0.1, 0.15) is 29.3 Å². The first kappa shape index (κ1) is 34.4. The molecule has 234 valence electrons. The van der Waals surface area contributed by atoms with E-state index in [1.807, 2.05) is 30.3 Å². The van der Waals surface area contributed by atoms with E-state index in [9.17, 15) is 19.2 Å². The first-order valence-electron chi connectivity index (χ1n) is 13.6. The molecule has 2 aliphatic heterocycles. The Morgan fingerprint density at radius 2 is 1.58 bits per heavy atom. The highest BCUT2D eigenvalue weighted by molar-refractivity contribution is 5.99. The highest BCUT2D eigenvalue weighted by Gasteiger charge is 2.26. The van der Waals surface area contributed by atoms with Gasteiger partial charge in [0.05, 0.1) is 27.4 Å². The van der Waals surface area contributed by atoms with Crippen molar-refractivity contribution in [2.45, 2.75) is 31.8 Å². The molecule has 0 aromatic heterocycles. The van der Waals surface area contributed by atoms with E-state index in [2.05, 4.69) is 26.6 Å². The zero-order chi connectivity index (χ0) is 31.6. The summed E-state index contributed by atoms with van der Waals surface area (Å²) in [6, 6.07) is 10.4. The van der Waals surface area contributed by atoms with E-state index in [4.69, 9.17) is 24.1 Å². The van der Waals surface area contributed by atoms with Crippen molar-refractivity contribution in [2.24, 2.45) is 0 Å². The number of carbonyl (C=O) groups is 5. The Kier molecular flexibility index (Phi) is 14.8. The maximum Gasteiger partial charge on any atom is 0.290 e. The van der Waals surface area contributed by atoms with Crippen LogP contribution in [-0.2, 0) is 25.6 Å². The van der Waals surface area contributed by atoms with Crippen LogP contribution in [0.25, 0.3) is 0 Å². The summed E-state index contributed by atoms with van der Waals surface area (Å²) in [7, 11) is 2.88. The molecule has 4 amide bonds. The third kappa shape index (κ3) is 11.5. The number of carboxylic acid groups (broad SMARTS) is 1. The van der Waals surface area contributed by atoms with Gasteiger partial charge in [0.15, 0.2) is 11.5 Å². The molecular weight excluding hydrogens is 562 g/mol. The first-order chi connectivity index (χ1) is 20.7. The van der Waals surface area contributed by atoms with Gasteiger partial charge < -0.3 is 45.9 Å². The van der Waals surface area contributed by atoms with Crippen LogP contribution in [0.4, 0.5) is 0 Å². The summed E-state index contributed by atoms with van der Waals surface area (Å²) in [5.41, 5.74) is 1.05. The summed E-state index contributed by atoms with van der Waals surface area (Å²) in [6.45, 7) is 2.63. The highest BCUT2D eigenvalue weighted by Crippen LogP contribution is 2.38. The molecule has 2 atom stereocenters. The van der Waals surface area contributed by atoms with Crippen molar-refractivity contribution in [3.8, 4) is 17.2 Å². The quantitative estimate of drug-likeness (QED) is 0.203. The fourth-order valence-corrected chi connectivity index (χ4v) is 3.99. The molecule has 6 N–H and O–H groups in total. The van der Waals surface area contributed by atoms with Crippen molar-refractivity contribution in [1.29, 1.82) is 0 Å². The zero-order valence-electron chi connectivity index (χ0n) is 24.4. The number of hydrogen-bond donors (Lipinski definition) is 6. The largest absolute Gasteiger partial charge is 0.493 e. The molecule has 4 rings (SSSR count). The van der Waals surface area contributed by atoms with Crippen molar-refractivity contribution >= 4 is 30.1 Å². The lowest BCUT2D eigenvalue weighted by Crippen LogP contribution is -2.54. The monoisotopic (exact) mass is 601 g/mol. The van der Waals surface area contributed by atoms with Gasteiger partial charge in [0, 0.05) is 31.6 Å². The van der Waals surface area contributed by atoms with E-state index in [-0.39, 0.29) is 61.5 Å². The third-order valence-corrected chi connectivity index (χ3v) is 6.16. The Labute approximate surface area is 249 Å². The van der Waals surface area contributed by atoms with Gasteiger partial charge in [-0.25, -0.2) is 0 Å². The average molecular weight is 602 g/mol. The molecule has 2 aliphatic rings. The van der Waals surface area contributed by atoms with E-state index in [0.29, 0.717) is 25.3 Å². The summed E-state index contributed by atoms with van der Waals surface area (Å²) >= 11 is 0. The van der Waals surface area contributed by atoms with Gasteiger partial charge in [0.25, 0.3) is 12.4 Å². The van der Waals surface area contributed by atoms with Crippen molar-refractivity contribution < 1.29 is 43.3 Å². The van der Waals surface area contributed by atoms with E-state index in [0.717, 1.165) is 5.56 Å². The summed E-state index contributed by atoms with van der Waals surface area (Å²) in [5, 5.41) is 20.9. The first-order valence-corrected chi connectivity index (χ1v) is 13.6. The van der Waals surface area contributed by atoms with Gasteiger partial charge in [-0.3, -0.25) is 24.0 Å². The van der Waals surface area contributed by atoms with Crippen molar-refractivity contribution in [3.63, 3.8) is 0 Å². The molecule has 0 radical (unpaired) electrons. The van der Waals surface area contributed by atoms with Crippen molar-refractivity contribution in [2.75, 3.05) is 47.0 Å². The van der Waals surface area contributed by atoms with Crippen LogP contribution < -0.4 is 40.8 Å². The van der Waals surface area contributed by atoms with Crippen LogP contribution in [0.2, 0.25) is 0 Å². The van der Waals surface area contributed by atoms with Crippen LogP contribution in [0.5, 0.6) is 17.2 Å². The number of benzene rings is 2. The predicted molar refractivity (Wildman–Crippen MR) is 156 cm³/mol. The van der Waals surface area contributed by atoms with Gasteiger partial charge in [-0.15, -0.1) is 0 Å². The molecule has 2 bridgehead atoms. The number of hydrogen-bond acceptors (Lipinski definition) is 9. The summed E-state index contributed by atoms with van der Waals surface area (Å²) in [4.78, 5) is 59.6. The van der Waals surface area contributed by atoms with E-state index in [1.165, 1.54) is 33.3 Å². The number of amides is 4. The van der Waals surface area contributed by atoms with Crippen LogP contribution in [-0.4, -0.2) is 94.3 Å². The fourth-order valence-electron chi connectivity index (χ4n) is 3.99. The van der Waals surface area contributed by atoms with Crippen molar-refractivity contribution in [3.05, 3.63) is 53.6 Å². The Balaban J connectivity index is 0.00000206. The molecule has 2 aromatic carbocycles. The fraction of sp³-hybridized carbons (Fsp3) is 0.414. The molecule has 0 unspecified atom stereocenters. The SMILES string of the molecule is COc1cc2cc(OC)c1OCCCNC(=O)CNCCNC(=O)[C@@H](Cc1ccccc1)NC(=O)[C@H](C)NC2=O.O=CO. The van der Waals surface area contributed by atoms with Gasteiger partial charge in [-0.2, -0.15) is 0 Å². The number of nitrogens with one attached hydrogen (secondary N) is 5. The van der Waals surface area contributed by atoms with Crippen LogP contribution >= 0.6 is 0 Å². The van der Waals surface area contributed by atoms with Gasteiger partial charge >= 0.3 is 0 Å².